The summed E-state index contributed by atoms with van der Waals surface area (Å²) in [4.78, 5) is 4.97. The summed E-state index contributed by atoms with van der Waals surface area (Å²) in [5.74, 6) is 2.33. The van der Waals surface area contributed by atoms with E-state index in [1.54, 1.807) is 0 Å². The monoisotopic (exact) mass is 277 g/mol. The SMILES string of the molecule is Cc1ccc(C(N)=S)c(NC2CCC(C)CC2C)n1. The first kappa shape index (κ1) is 14.3. The maximum atomic E-state index is 5.78. The molecule has 1 saturated carbocycles. The molecule has 1 aliphatic rings. The topological polar surface area (TPSA) is 50.9 Å². The van der Waals surface area contributed by atoms with Crippen LogP contribution in [0.2, 0.25) is 0 Å². The Morgan fingerprint density at radius 3 is 2.74 bits per heavy atom. The Labute approximate surface area is 121 Å². The summed E-state index contributed by atoms with van der Waals surface area (Å²) in [6.45, 7) is 6.63. The Kier molecular flexibility index (Phi) is 4.40. The van der Waals surface area contributed by atoms with Crippen LogP contribution in [0.3, 0.4) is 0 Å². The van der Waals surface area contributed by atoms with Gasteiger partial charge < -0.3 is 11.1 Å². The van der Waals surface area contributed by atoms with E-state index in [9.17, 15) is 0 Å². The van der Waals surface area contributed by atoms with E-state index in [4.69, 9.17) is 18.0 Å². The van der Waals surface area contributed by atoms with Gasteiger partial charge in [-0.25, -0.2) is 4.98 Å². The van der Waals surface area contributed by atoms with Gasteiger partial charge >= 0.3 is 0 Å². The molecule has 19 heavy (non-hydrogen) atoms. The lowest BCUT2D eigenvalue weighted by Crippen LogP contribution is -2.34. The Hall–Kier alpha value is -1.16. The Balaban J connectivity index is 2.18. The molecule has 1 fully saturated rings. The predicted molar refractivity (Wildman–Crippen MR) is 84.5 cm³/mol. The zero-order chi connectivity index (χ0) is 14.0. The molecule has 0 aromatic carbocycles. The number of pyridine rings is 1. The van der Waals surface area contributed by atoms with E-state index in [0.717, 1.165) is 23.0 Å². The average molecular weight is 277 g/mol. The third kappa shape index (κ3) is 3.44. The Bertz CT molecular complexity index is 472. The van der Waals surface area contributed by atoms with Crippen LogP contribution in [0.1, 0.15) is 44.4 Å². The number of nitrogens with one attached hydrogen (secondary N) is 1. The van der Waals surface area contributed by atoms with E-state index >= 15 is 0 Å². The molecule has 1 aromatic rings. The third-order valence-electron chi connectivity index (χ3n) is 4.05. The van der Waals surface area contributed by atoms with Crippen molar-refractivity contribution in [1.29, 1.82) is 0 Å². The second-order valence-electron chi connectivity index (χ2n) is 5.86. The average Bonchev–Trinajstić information content (AvgIpc) is 2.32. The highest BCUT2D eigenvalue weighted by Gasteiger charge is 2.26. The summed E-state index contributed by atoms with van der Waals surface area (Å²) in [7, 11) is 0. The van der Waals surface area contributed by atoms with E-state index in [0.29, 0.717) is 16.9 Å². The molecule has 2 rings (SSSR count). The largest absolute Gasteiger partial charge is 0.389 e. The number of rotatable bonds is 3. The predicted octanol–water partition coefficient (Wildman–Crippen LogP) is 3.26. The van der Waals surface area contributed by atoms with Crippen molar-refractivity contribution in [3.8, 4) is 0 Å². The van der Waals surface area contributed by atoms with Crippen LogP contribution in [0.25, 0.3) is 0 Å². The van der Waals surface area contributed by atoms with Gasteiger partial charge in [0, 0.05) is 11.7 Å². The molecule has 3 atom stereocenters. The van der Waals surface area contributed by atoms with Crippen LogP contribution in [0.15, 0.2) is 12.1 Å². The quantitative estimate of drug-likeness (QED) is 0.833. The highest BCUT2D eigenvalue weighted by Crippen LogP contribution is 2.31. The van der Waals surface area contributed by atoms with Crippen LogP contribution in [0.5, 0.6) is 0 Å². The molecule has 0 amide bonds. The van der Waals surface area contributed by atoms with Crippen LogP contribution < -0.4 is 11.1 Å². The van der Waals surface area contributed by atoms with Gasteiger partial charge in [0.2, 0.25) is 0 Å². The molecule has 4 heteroatoms. The smallest absolute Gasteiger partial charge is 0.136 e. The normalized spacial score (nSPS) is 27.0. The molecule has 1 heterocycles. The van der Waals surface area contributed by atoms with Gasteiger partial charge in [-0.15, -0.1) is 0 Å². The van der Waals surface area contributed by atoms with E-state index < -0.39 is 0 Å². The molecule has 0 radical (unpaired) electrons. The summed E-state index contributed by atoms with van der Waals surface area (Å²) in [5, 5.41) is 3.56. The van der Waals surface area contributed by atoms with Crippen LogP contribution in [0.4, 0.5) is 5.82 Å². The number of hydrogen-bond acceptors (Lipinski definition) is 3. The third-order valence-corrected chi connectivity index (χ3v) is 4.27. The van der Waals surface area contributed by atoms with Gasteiger partial charge in [-0.1, -0.05) is 26.1 Å². The molecular weight excluding hydrogens is 254 g/mol. The van der Waals surface area contributed by atoms with Crippen LogP contribution in [-0.4, -0.2) is 16.0 Å². The zero-order valence-corrected chi connectivity index (χ0v) is 12.8. The summed E-state index contributed by atoms with van der Waals surface area (Å²) < 4.78 is 0. The van der Waals surface area contributed by atoms with Gasteiger partial charge in [-0.2, -0.15) is 0 Å². The lowest BCUT2D eigenvalue weighted by atomic mass is 9.80. The van der Waals surface area contributed by atoms with Crippen molar-refractivity contribution < 1.29 is 0 Å². The van der Waals surface area contributed by atoms with Gasteiger partial charge in [-0.3, -0.25) is 0 Å². The second kappa shape index (κ2) is 5.87. The molecule has 0 aliphatic heterocycles. The van der Waals surface area contributed by atoms with Crippen molar-refractivity contribution in [2.24, 2.45) is 17.6 Å². The Morgan fingerprint density at radius 2 is 2.11 bits per heavy atom. The second-order valence-corrected chi connectivity index (χ2v) is 6.30. The fraction of sp³-hybridized carbons (Fsp3) is 0.600. The molecule has 3 N–H and O–H groups in total. The maximum Gasteiger partial charge on any atom is 0.136 e. The summed E-state index contributed by atoms with van der Waals surface area (Å²) in [6, 6.07) is 4.38. The van der Waals surface area contributed by atoms with Gasteiger partial charge in [0.25, 0.3) is 0 Å². The fourth-order valence-corrected chi connectivity index (χ4v) is 3.09. The van der Waals surface area contributed by atoms with Gasteiger partial charge in [0.15, 0.2) is 0 Å². The van der Waals surface area contributed by atoms with Crippen molar-refractivity contribution >= 4 is 23.0 Å². The molecule has 3 unspecified atom stereocenters. The minimum atomic E-state index is 0.409. The molecule has 0 bridgehead atoms. The first-order valence-corrected chi connectivity index (χ1v) is 7.42. The van der Waals surface area contributed by atoms with Gasteiger partial charge in [-0.05, 0) is 50.2 Å². The Morgan fingerprint density at radius 1 is 1.37 bits per heavy atom. The van der Waals surface area contributed by atoms with Crippen LogP contribution in [0, 0.1) is 18.8 Å². The molecule has 0 spiro atoms. The van der Waals surface area contributed by atoms with Crippen molar-refractivity contribution in [3.05, 3.63) is 23.4 Å². The molecule has 3 nitrogen and oxygen atoms in total. The lowest BCUT2D eigenvalue weighted by molar-refractivity contribution is 0.276. The van der Waals surface area contributed by atoms with E-state index in [1.807, 2.05) is 19.1 Å². The lowest BCUT2D eigenvalue weighted by Gasteiger charge is -2.34. The number of aromatic nitrogens is 1. The minimum Gasteiger partial charge on any atom is -0.389 e. The first-order valence-electron chi connectivity index (χ1n) is 7.01. The number of nitrogens with two attached hydrogens (primary N) is 1. The number of hydrogen-bond donors (Lipinski definition) is 2. The molecule has 0 saturated heterocycles. The van der Waals surface area contributed by atoms with Gasteiger partial charge in [0.05, 0.1) is 5.56 Å². The number of nitrogens with zero attached hydrogens (tertiary/aromatic N) is 1. The van der Waals surface area contributed by atoms with Crippen molar-refractivity contribution in [3.63, 3.8) is 0 Å². The first-order chi connectivity index (χ1) is 8.97. The summed E-state index contributed by atoms with van der Waals surface area (Å²) >= 11 is 5.11. The van der Waals surface area contributed by atoms with Crippen molar-refractivity contribution in [1.82, 2.24) is 4.98 Å². The minimum absolute atomic E-state index is 0.409. The van der Waals surface area contributed by atoms with Crippen molar-refractivity contribution in [2.45, 2.75) is 46.1 Å². The molecule has 1 aromatic heterocycles. The molecular formula is C15H23N3S. The number of anilines is 1. The highest BCUT2D eigenvalue weighted by atomic mass is 32.1. The van der Waals surface area contributed by atoms with E-state index in [-0.39, 0.29) is 0 Å². The van der Waals surface area contributed by atoms with Crippen LogP contribution in [-0.2, 0) is 0 Å². The molecule has 1 aliphatic carbocycles. The standard InChI is InChI=1S/C15H23N3S/c1-9-4-7-13(10(2)8-9)18-15-12(14(16)19)6-5-11(3)17-15/h5-6,9-10,13H,4,7-8H2,1-3H3,(H2,16,19)(H,17,18). The van der Waals surface area contributed by atoms with E-state index in [1.165, 1.54) is 19.3 Å². The van der Waals surface area contributed by atoms with Crippen LogP contribution >= 0.6 is 12.2 Å². The molecule has 104 valence electrons. The summed E-state index contributed by atoms with van der Waals surface area (Å²) in [5.41, 5.74) is 7.62. The fourth-order valence-electron chi connectivity index (χ4n) is 2.92. The number of thiocarbonyl (C=S) groups is 1. The summed E-state index contributed by atoms with van der Waals surface area (Å²) in [6.07, 6.45) is 3.73. The number of aryl methyl sites for hydroxylation is 1. The highest BCUT2D eigenvalue weighted by molar-refractivity contribution is 7.80. The van der Waals surface area contributed by atoms with E-state index in [2.05, 4.69) is 24.1 Å². The van der Waals surface area contributed by atoms with Gasteiger partial charge in [0.1, 0.15) is 10.8 Å². The maximum absolute atomic E-state index is 5.78. The van der Waals surface area contributed by atoms with Crippen molar-refractivity contribution in [2.75, 3.05) is 5.32 Å². The zero-order valence-electron chi connectivity index (χ0n) is 11.9.